The van der Waals surface area contributed by atoms with E-state index in [-0.39, 0.29) is 30.3 Å². The molecule has 40 heavy (non-hydrogen) atoms. The smallest absolute Gasteiger partial charge is 0.346 e. The lowest BCUT2D eigenvalue weighted by Crippen LogP contribution is -2.52. The van der Waals surface area contributed by atoms with Crippen molar-refractivity contribution in [1.29, 1.82) is 0 Å². The van der Waals surface area contributed by atoms with Gasteiger partial charge in [-0.15, -0.1) is 11.3 Å². The van der Waals surface area contributed by atoms with Crippen molar-refractivity contribution in [2.75, 3.05) is 18.0 Å². The van der Waals surface area contributed by atoms with Crippen molar-refractivity contribution in [1.82, 2.24) is 19.7 Å². The largest absolute Gasteiger partial charge is 0.416 e. The molecule has 1 fully saturated rings. The fraction of sp³-hybridized carbons (Fsp3) is 0.250. The lowest BCUT2D eigenvalue weighted by Gasteiger charge is -2.45. The molecule has 0 amide bonds. The minimum absolute atomic E-state index is 0.140. The van der Waals surface area contributed by atoms with Crippen molar-refractivity contribution < 1.29 is 27.2 Å². The van der Waals surface area contributed by atoms with Crippen molar-refractivity contribution in [2.24, 2.45) is 5.41 Å². The number of aromatic nitrogens is 4. The summed E-state index contributed by atoms with van der Waals surface area (Å²) in [6.07, 6.45) is 0.448. The first-order valence-corrected chi connectivity index (χ1v) is 13.3. The Bertz CT molecular complexity index is 1670. The van der Waals surface area contributed by atoms with E-state index in [0.29, 0.717) is 29.5 Å². The molecule has 6 rings (SSSR count). The Morgan fingerprint density at radius 1 is 1.10 bits per heavy atom. The first-order chi connectivity index (χ1) is 19.0. The molecule has 3 aromatic heterocycles. The highest BCUT2D eigenvalue weighted by molar-refractivity contribution is 7.13. The fourth-order valence-electron chi connectivity index (χ4n) is 5.35. The minimum atomic E-state index is -4.63. The Kier molecular flexibility index (Phi) is 6.17. The van der Waals surface area contributed by atoms with E-state index in [0.717, 1.165) is 35.2 Å². The summed E-state index contributed by atoms with van der Waals surface area (Å²) in [6, 6.07) is 7.48. The summed E-state index contributed by atoms with van der Waals surface area (Å²) >= 11 is 1.28. The van der Waals surface area contributed by atoms with Crippen molar-refractivity contribution in [3.8, 4) is 5.69 Å². The van der Waals surface area contributed by atoms with Gasteiger partial charge in [0.2, 0.25) is 0 Å². The van der Waals surface area contributed by atoms with Crippen LogP contribution in [0, 0.1) is 11.2 Å². The number of carbonyl (C=O) groups excluding carboxylic acids is 2. The molecule has 1 saturated heterocycles. The average Bonchev–Trinajstić information content (AvgIpc) is 3.59. The predicted octanol–water partition coefficient (Wildman–Crippen LogP) is 5.80. The summed E-state index contributed by atoms with van der Waals surface area (Å²) in [6.45, 7) is 2.05. The maximum Gasteiger partial charge on any atom is 0.416 e. The Morgan fingerprint density at radius 3 is 2.58 bits per heavy atom. The molecule has 204 valence electrons. The van der Waals surface area contributed by atoms with Crippen LogP contribution in [-0.4, -0.2) is 44.4 Å². The highest BCUT2D eigenvalue weighted by Crippen LogP contribution is 2.47. The molecule has 0 bridgehead atoms. The molecule has 1 atom stereocenters. The highest BCUT2D eigenvalue weighted by atomic mass is 32.1. The van der Waals surface area contributed by atoms with Gasteiger partial charge < -0.3 is 4.90 Å². The van der Waals surface area contributed by atoms with Crippen molar-refractivity contribution in [3.05, 3.63) is 93.8 Å². The van der Waals surface area contributed by atoms with Gasteiger partial charge in [0, 0.05) is 31.6 Å². The molecule has 4 heterocycles. The van der Waals surface area contributed by atoms with E-state index in [4.69, 9.17) is 0 Å². The lowest BCUT2D eigenvalue weighted by atomic mass is 9.65. The van der Waals surface area contributed by atoms with Gasteiger partial charge in [-0.1, -0.05) is 5.57 Å². The normalized spacial score (nSPS) is 18.6. The fourth-order valence-corrected chi connectivity index (χ4v) is 6.24. The zero-order chi connectivity index (χ0) is 28.2. The van der Waals surface area contributed by atoms with E-state index < -0.39 is 22.9 Å². The first-order valence-electron chi connectivity index (χ1n) is 12.4. The number of hydrogen-bond donors (Lipinski definition) is 0. The summed E-state index contributed by atoms with van der Waals surface area (Å²) in [7, 11) is 0. The summed E-state index contributed by atoms with van der Waals surface area (Å²) in [5.41, 5.74) is 0.673. The second-order valence-electron chi connectivity index (χ2n) is 9.87. The molecule has 0 spiro atoms. The van der Waals surface area contributed by atoms with Gasteiger partial charge in [0.1, 0.15) is 17.2 Å². The molecule has 0 saturated carbocycles. The average molecular weight is 568 g/mol. The SMILES string of the molecule is CC(=O)c1csc(N2CCC3=Cc4c(cnn4-c4ccc(F)cc4)C[C@]3(C(=O)c3cc(C(F)(F)F)ccn3)C2)n1. The van der Waals surface area contributed by atoms with E-state index in [1.807, 2.05) is 11.0 Å². The van der Waals surface area contributed by atoms with Crippen LogP contribution in [0.4, 0.5) is 22.7 Å². The number of halogens is 4. The van der Waals surface area contributed by atoms with Crippen LogP contribution in [0.5, 0.6) is 0 Å². The standard InChI is InChI=1S/C28H21F4N5O2S/c1-16(38)23-14-40-26(35-23)36-9-7-18-11-24-17(13-34-37(24)21-4-2-20(29)3-5-21)12-27(18,15-36)25(39)22-10-19(6-8-33-22)28(30,31)32/h2-6,8,10-11,13-14H,7,9,12,15H2,1H3/t27-/m0/s1. The van der Waals surface area contributed by atoms with Gasteiger partial charge in [0.15, 0.2) is 16.7 Å². The second-order valence-corrected chi connectivity index (χ2v) is 10.7. The summed E-state index contributed by atoms with van der Waals surface area (Å²) in [5, 5.41) is 6.68. The predicted molar refractivity (Wildman–Crippen MR) is 140 cm³/mol. The molecule has 1 aliphatic heterocycles. The third kappa shape index (κ3) is 4.41. The monoisotopic (exact) mass is 567 g/mol. The minimum Gasteiger partial charge on any atom is -0.346 e. The Labute approximate surface area is 229 Å². The third-order valence-corrected chi connectivity index (χ3v) is 8.27. The van der Waals surface area contributed by atoms with Crippen LogP contribution >= 0.6 is 11.3 Å². The number of hydrogen-bond acceptors (Lipinski definition) is 7. The number of thiazole rings is 1. The van der Waals surface area contributed by atoms with Gasteiger partial charge in [-0.2, -0.15) is 18.3 Å². The van der Waals surface area contributed by atoms with E-state index in [2.05, 4.69) is 15.1 Å². The summed E-state index contributed by atoms with van der Waals surface area (Å²) in [4.78, 5) is 36.4. The molecular formula is C28H21F4N5O2S. The molecule has 0 radical (unpaired) electrons. The lowest BCUT2D eigenvalue weighted by molar-refractivity contribution is -0.137. The molecule has 1 aliphatic carbocycles. The topological polar surface area (TPSA) is 81.0 Å². The van der Waals surface area contributed by atoms with E-state index in [1.165, 1.54) is 30.4 Å². The van der Waals surface area contributed by atoms with Gasteiger partial charge in [-0.05, 0) is 60.9 Å². The molecule has 7 nitrogen and oxygen atoms in total. The number of fused-ring (bicyclic) bond motifs is 2. The number of benzene rings is 1. The van der Waals surface area contributed by atoms with Crippen molar-refractivity contribution in [3.63, 3.8) is 0 Å². The number of anilines is 1. The second kappa shape index (κ2) is 9.47. The Balaban J connectivity index is 1.45. The van der Waals surface area contributed by atoms with Crippen LogP contribution in [0.2, 0.25) is 0 Å². The Hall–Kier alpha value is -4.19. The number of rotatable bonds is 5. The van der Waals surface area contributed by atoms with Crippen LogP contribution < -0.4 is 4.90 Å². The maximum absolute atomic E-state index is 14.2. The van der Waals surface area contributed by atoms with Crippen molar-refractivity contribution in [2.45, 2.75) is 25.9 Å². The molecule has 4 aromatic rings. The van der Waals surface area contributed by atoms with Crippen LogP contribution in [0.15, 0.2) is 59.7 Å². The van der Waals surface area contributed by atoms with E-state index in [9.17, 15) is 27.2 Å². The molecule has 12 heteroatoms. The molecule has 1 aromatic carbocycles. The number of Topliss-reactive ketones (excluding diaryl/α,β-unsaturated/α-hetero) is 2. The maximum atomic E-state index is 14.2. The third-order valence-electron chi connectivity index (χ3n) is 7.36. The zero-order valence-corrected chi connectivity index (χ0v) is 21.9. The van der Waals surface area contributed by atoms with Gasteiger partial charge in [0.25, 0.3) is 0 Å². The summed E-state index contributed by atoms with van der Waals surface area (Å²) in [5.74, 6) is -1.10. The Morgan fingerprint density at radius 2 is 1.88 bits per heavy atom. The zero-order valence-electron chi connectivity index (χ0n) is 21.1. The first kappa shape index (κ1) is 26.1. The number of alkyl halides is 3. The van der Waals surface area contributed by atoms with Crippen LogP contribution in [0.25, 0.3) is 11.8 Å². The number of piperidine rings is 1. The number of pyridine rings is 1. The number of ketones is 2. The van der Waals surface area contributed by atoms with Gasteiger partial charge in [-0.3, -0.25) is 14.6 Å². The van der Waals surface area contributed by atoms with E-state index in [1.54, 1.807) is 28.4 Å². The quantitative estimate of drug-likeness (QED) is 0.224. The van der Waals surface area contributed by atoms with Gasteiger partial charge in [-0.25, -0.2) is 14.1 Å². The molecule has 2 aliphatic rings. The van der Waals surface area contributed by atoms with E-state index >= 15 is 0 Å². The number of nitrogens with zero attached hydrogens (tertiary/aromatic N) is 5. The van der Waals surface area contributed by atoms with Crippen LogP contribution in [0.1, 0.15) is 51.1 Å². The van der Waals surface area contributed by atoms with Gasteiger partial charge >= 0.3 is 6.18 Å². The summed E-state index contributed by atoms with van der Waals surface area (Å²) < 4.78 is 55.7. The molecule has 0 unspecified atom stereocenters. The van der Waals surface area contributed by atoms with Gasteiger partial charge in [0.05, 0.1) is 28.6 Å². The number of carbonyl (C=O) groups is 2. The molecular weight excluding hydrogens is 546 g/mol. The van der Waals surface area contributed by atoms with Crippen LogP contribution in [0.3, 0.4) is 0 Å². The van der Waals surface area contributed by atoms with Crippen molar-refractivity contribution >= 4 is 34.1 Å². The van der Waals surface area contributed by atoms with Crippen LogP contribution in [-0.2, 0) is 12.6 Å². The molecule has 0 N–H and O–H groups in total. The highest BCUT2D eigenvalue weighted by Gasteiger charge is 2.50.